The molecule has 104 valence electrons. The molecule has 1 aromatic heterocycles. The van der Waals surface area contributed by atoms with Crippen molar-refractivity contribution in [1.82, 2.24) is 5.32 Å². The Labute approximate surface area is 120 Å². The third-order valence-corrected chi connectivity index (χ3v) is 3.66. The summed E-state index contributed by atoms with van der Waals surface area (Å²) in [6.07, 6.45) is 0. The predicted molar refractivity (Wildman–Crippen MR) is 78.7 cm³/mol. The Balaban J connectivity index is 2.35. The quantitative estimate of drug-likeness (QED) is 0.805. The fraction of sp³-hybridized carbons (Fsp3) is 0.143. The Morgan fingerprint density at radius 2 is 1.95 bits per heavy atom. The van der Waals surface area contributed by atoms with Crippen LogP contribution in [0.25, 0.3) is 11.1 Å². The summed E-state index contributed by atoms with van der Waals surface area (Å²) in [6, 6.07) is 8.39. The van der Waals surface area contributed by atoms with Crippen LogP contribution in [0.3, 0.4) is 0 Å². The first-order valence-electron chi connectivity index (χ1n) is 5.96. The maximum absolute atomic E-state index is 12.2. The molecular weight excluding hydrogens is 276 g/mol. The molecule has 5 nitrogen and oxygen atoms in total. The molecular formula is C14H14N2O3S. The van der Waals surface area contributed by atoms with Gasteiger partial charge < -0.3 is 16.2 Å². The Morgan fingerprint density at radius 3 is 2.55 bits per heavy atom. The molecule has 0 unspecified atom stereocenters. The molecule has 0 fully saturated rings. The number of carbonyl (C=O) groups excluding carboxylic acids is 1. The number of anilines is 1. The molecule has 1 aromatic carbocycles. The zero-order valence-corrected chi connectivity index (χ0v) is 11.6. The van der Waals surface area contributed by atoms with Gasteiger partial charge in [-0.05, 0) is 12.5 Å². The van der Waals surface area contributed by atoms with E-state index in [-0.39, 0.29) is 0 Å². The van der Waals surface area contributed by atoms with Gasteiger partial charge in [-0.15, -0.1) is 11.3 Å². The number of amides is 1. The van der Waals surface area contributed by atoms with Gasteiger partial charge in [-0.2, -0.15) is 0 Å². The molecule has 6 heteroatoms. The molecule has 1 amide bonds. The lowest BCUT2D eigenvalue weighted by Crippen LogP contribution is -2.38. The van der Waals surface area contributed by atoms with Crippen LogP contribution in [0.15, 0.2) is 35.7 Å². The average molecular weight is 290 g/mol. The lowest BCUT2D eigenvalue weighted by Gasteiger charge is -2.10. The second kappa shape index (κ2) is 5.75. The second-order valence-corrected chi connectivity index (χ2v) is 5.20. The number of nitrogens with one attached hydrogen (secondary N) is 1. The highest BCUT2D eigenvalue weighted by atomic mass is 32.1. The number of nitrogens with two attached hydrogens (primary N) is 1. The minimum atomic E-state index is -1.09. The number of aliphatic carboxylic acids is 1. The molecule has 0 saturated heterocycles. The van der Waals surface area contributed by atoms with E-state index in [0.29, 0.717) is 16.1 Å². The van der Waals surface area contributed by atoms with E-state index in [1.54, 1.807) is 5.38 Å². The number of hydrogen-bond donors (Lipinski definition) is 3. The Kier molecular flexibility index (Phi) is 4.05. The van der Waals surface area contributed by atoms with Gasteiger partial charge in [-0.25, -0.2) is 0 Å². The molecule has 0 spiro atoms. The summed E-state index contributed by atoms with van der Waals surface area (Å²) in [5, 5.41) is 13.4. The van der Waals surface area contributed by atoms with Crippen LogP contribution < -0.4 is 11.1 Å². The number of hydrogen-bond acceptors (Lipinski definition) is 4. The van der Waals surface area contributed by atoms with Gasteiger partial charge in [-0.3, -0.25) is 9.59 Å². The Morgan fingerprint density at radius 1 is 1.30 bits per heavy atom. The maximum atomic E-state index is 12.2. The lowest BCUT2D eigenvalue weighted by atomic mass is 10.0. The number of benzene rings is 1. The smallest absolute Gasteiger partial charge is 0.325 e. The fourth-order valence-corrected chi connectivity index (χ4v) is 2.59. The number of rotatable bonds is 4. The molecule has 0 aliphatic heterocycles. The first kappa shape index (κ1) is 14.1. The standard InChI is InChI=1S/C14H14N2O3S/c1-8(14(18)19)16-13(17)11-10(7-20-12(11)15)9-5-3-2-4-6-9/h2-8H,15H2,1H3,(H,16,17)(H,18,19)/t8-/m0/s1. The zero-order chi connectivity index (χ0) is 14.7. The minimum absolute atomic E-state index is 0.328. The molecule has 0 bridgehead atoms. The SMILES string of the molecule is C[C@H](NC(=O)c1c(-c2ccccc2)csc1N)C(=O)O. The molecule has 2 rings (SSSR count). The molecule has 1 atom stereocenters. The first-order valence-corrected chi connectivity index (χ1v) is 6.84. The van der Waals surface area contributed by atoms with E-state index in [9.17, 15) is 9.59 Å². The Bertz CT molecular complexity index is 637. The molecule has 0 saturated carbocycles. The summed E-state index contributed by atoms with van der Waals surface area (Å²) in [7, 11) is 0. The van der Waals surface area contributed by atoms with Gasteiger partial charge in [0.25, 0.3) is 5.91 Å². The van der Waals surface area contributed by atoms with Crippen molar-refractivity contribution in [2.75, 3.05) is 5.73 Å². The number of carboxylic acids is 1. The Hall–Kier alpha value is -2.34. The van der Waals surface area contributed by atoms with Crippen molar-refractivity contribution in [3.05, 3.63) is 41.3 Å². The van der Waals surface area contributed by atoms with Gasteiger partial charge >= 0.3 is 5.97 Å². The van der Waals surface area contributed by atoms with Crippen LogP contribution in [0.4, 0.5) is 5.00 Å². The van der Waals surface area contributed by atoms with Crippen LogP contribution in [0, 0.1) is 0 Å². The van der Waals surface area contributed by atoms with Gasteiger partial charge in [0.15, 0.2) is 0 Å². The minimum Gasteiger partial charge on any atom is -0.480 e. The van der Waals surface area contributed by atoms with E-state index in [1.165, 1.54) is 18.3 Å². The van der Waals surface area contributed by atoms with Gasteiger partial charge in [0.05, 0.1) is 10.6 Å². The summed E-state index contributed by atoms with van der Waals surface area (Å²) in [5.41, 5.74) is 7.75. The van der Waals surface area contributed by atoms with Crippen molar-refractivity contribution in [3.63, 3.8) is 0 Å². The van der Waals surface area contributed by atoms with E-state index in [2.05, 4.69) is 5.32 Å². The van der Waals surface area contributed by atoms with E-state index in [1.807, 2.05) is 30.3 Å². The monoisotopic (exact) mass is 290 g/mol. The van der Waals surface area contributed by atoms with Crippen molar-refractivity contribution in [1.29, 1.82) is 0 Å². The molecule has 0 radical (unpaired) electrons. The van der Waals surface area contributed by atoms with E-state index < -0.39 is 17.9 Å². The summed E-state index contributed by atoms with van der Waals surface area (Å²) in [6.45, 7) is 1.41. The van der Waals surface area contributed by atoms with E-state index >= 15 is 0 Å². The molecule has 4 N–H and O–H groups in total. The summed E-state index contributed by atoms with van der Waals surface area (Å²) in [5.74, 6) is -1.56. The highest BCUT2D eigenvalue weighted by molar-refractivity contribution is 7.15. The highest BCUT2D eigenvalue weighted by Gasteiger charge is 2.22. The van der Waals surface area contributed by atoms with Crippen molar-refractivity contribution in [3.8, 4) is 11.1 Å². The lowest BCUT2D eigenvalue weighted by molar-refractivity contribution is -0.138. The fourth-order valence-electron chi connectivity index (χ4n) is 1.77. The van der Waals surface area contributed by atoms with E-state index in [0.717, 1.165) is 5.56 Å². The van der Waals surface area contributed by atoms with Crippen molar-refractivity contribution < 1.29 is 14.7 Å². The topological polar surface area (TPSA) is 92.4 Å². The highest BCUT2D eigenvalue weighted by Crippen LogP contribution is 2.33. The van der Waals surface area contributed by atoms with Gasteiger partial charge in [-0.1, -0.05) is 30.3 Å². The molecule has 0 aliphatic carbocycles. The van der Waals surface area contributed by atoms with Crippen molar-refractivity contribution in [2.45, 2.75) is 13.0 Å². The third-order valence-electron chi connectivity index (χ3n) is 2.85. The molecule has 1 heterocycles. The summed E-state index contributed by atoms with van der Waals surface area (Å²) >= 11 is 1.26. The molecule has 0 aliphatic rings. The number of carboxylic acid groups (broad SMARTS) is 1. The summed E-state index contributed by atoms with van der Waals surface area (Å²) < 4.78 is 0. The number of thiophene rings is 1. The van der Waals surface area contributed by atoms with Crippen molar-refractivity contribution in [2.24, 2.45) is 0 Å². The largest absolute Gasteiger partial charge is 0.480 e. The predicted octanol–water partition coefficient (Wildman–Crippen LogP) is 2.20. The number of nitrogen functional groups attached to an aromatic ring is 1. The van der Waals surface area contributed by atoms with Gasteiger partial charge in [0.1, 0.15) is 6.04 Å². The van der Waals surface area contributed by atoms with Crippen LogP contribution >= 0.6 is 11.3 Å². The first-order chi connectivity index (χ1) is 9.50. The summed E-state index contributed by atoms with van der Waals surface area (Å²) in [4.78, 5) is 23.0. The van der Waals surface area contributed by atoms with E-state index in [4.69, 9.17) is 10.8 Å². The van der Waals surface area contributed by atoms with Crippen LogP contribution in [0.2, 0.25) is 0 Å². The van der Waals surface area contributed by atoms with Crippen LogP contribution in [-0.4, -0.2) is 23.0 Å². The van der Waals surface area contributed by atoms with Gasteiger partial charge in [0, 0.05) is 10.9 Å². The van der Waals surface area contributed by atoms with Crippen molar-refractivity contribution >= 4 is 28.2 Å². The van der Waals surface area contributed by atoms with Gasteiger partial charge in [0.2, 0.25) is 0 Å². The van der Waals surface area contributed by atoms with Crippen LogP contribution in [0.5, 0.6) is 0 Å². The number of carbonyl (C=O) groups is 2. The second-order valence-electron chi connectivity index (χ2n) is 4.29. The third kappa shape index (κ3) is 2.80. The van der Waals surface area contributed by atoms with Crippen LogP contribution in [-0.2, 0) is 4.79 Å². The zero-order valence-electron chi connectivity index (χ0n) is 10.8. The normalized spacial score (nSPS) is 11.8. The average Bonchev–Trinajstić information content (AvgIpc) is 2.81. The maximum Gasteiger partial charge on any atom is 0.325 e. The van der Waals surface area contributed by atoms with Crippen LogP contribution in [0.1, 0.15) is 17.3 Å². The molecule has 20 heavy (non-hydrogen) atoms. The molecule has 2 aromatic rings.